The third-order valence-electron chi connectivity index (χ3n) is 16.2. The number of quaternary nitrogens is 4. The second kappa shape index (κ2) is 22.6. The molecular weight excluding hydrogens is 789 g/mol. The molecule has 5 aliphatic rings. The molecular formula is C56H86N6O2+4. The van der Waals surface area contributed by atoms with Gasteiger partial charge in [-0.2, -0.15) is 0 Å². The molecule has 4 aliphatic heterocycles. The van der Waals surface area contributed by atoms with E-state index in [2.05, 4.69) is 74.9 Å². The minimum atomic E-state index is 0.00769. The molecule has 4 heterocycles. The van der Waals surface area contributed by atoms with Crippen LogP contribution in [0.2, 0.25) is 0 Å². The zero-order valence-corrected chi connectivity index (χ0v) is 40.0. The Morgan fingerprint density at radius 3 is 1.02 bits per heavy atom. The zero-order chi connectivity index (χ0) is 44.9. The summed E-state index contributed by atoms with van der Waals surface area (Å²) < 4.78 is 3.99. The molecule has 2 N–H and O–H groups in total. The van der Waals surface area contributed by atoms with E-state index in [9.17, 15) is 10.2 Å². The highest BCUT2D eigenvalue weighted by molar-refractivity contribution is 5.85. The van der Waals surface area contributed by atoms with E-state index in [1.807, 2.05) is 12.4 Å². The highest BCUT2D eigenvalue weighted by Gasteiger charge is 2.35. The maximum absolute atomic E-state index is 12.1. The van der Waals surface area contributed by atoms with Gasteiger partial charge in [0.15, 0.2) is 0 Å². The van der Waals surface area contributed by atoms with E-state index in [0.29, 0.717) is 11.5 Å². The van der Waals surface area contributed by atoms with Gasteiger partial charge in [-0.05, 0) is 138 Å². The largest absolute Gasteiger partial charge is 0.507 e. The first-order chi connectivity index (χ1) is 31.2. The van der Waals surface area contributed by atoms with E-state index >= 15 is 0 Å². The van der Waals surface area contributed by atoms with Crippen LogP contribution in [0.5, 0.6) is 11.5 Å². The summed E-state index contributed by atoms with van der Waals surface area (Å²) in [6.45, 7) is 33.2. The lowest BCUT2D eigenvalue weighted by molar-refractivity contribution is -0.940. The van der Waals surface area contributed by atoms with Crippen molar-refractivity contribution in [3.05, 3.63) is 108 Å². The Morgan fingerprint density at radius 1 is 0.422 bits per heavy atom. The maximum atomic E-state index is 12.1. The highest BCUT2D eigenvalue weighted by atomic mass is 16.3. The van der Waals surface area contributed by atoms with Gasteiger partial charge in [-0.1, -0.05) is 39.2 Å². The van der Waals surface area contributed by atoms with Gasteiger partial charge >= 0.3 is 0 Å². The van der Waals surface area contributed by atoms with Gasteiger partial charge in [-0.15, -0.1) is 0 Å². The van der Waals surface area contributed by atoms with Gasteiger partial charge in [0.25, 0.3) is 0 Å². The molecule has 1 aliphatic carbocycles. The van der Waals surface area contributed by atoms with Crippen LogP contribution in [0.25, 0.3) is 0 Å². The fourth-order valence-corrected chi connectivity index (χ4v) is 12.9. The minimum Gasteiger partial charge on any atom is -0.507 e. The fourth-order valence-electron chi connectivity index (χ4n) is 12.9. The lowest BCUT2D eigenvalue weighted by Gasteiger charge is -2.42. The number of hydrogen-bond acceptors (Lipinski definition) is 4. The van der Waals surface area contributed by atoms with Crippen LogP contribution in [-0.2, 0) is 26.2 Å². The van der Waals surface area contributed by atoms with Gasteiger partial charge in [-0.25, -0.2) is 0 Å². The number of likely N-dealkylation sites (tertiary alicyclic amines) is 4. The Bertz CT molecular complexity index is 1800. The highest BCUT2D eigenvalue weighted by Crippen LogP contribution is 2.35. The maximum Gasteiger partial charge on any atom is 0.133 e. The van der Waals surface area contributed by atoms with Crippen molar-refractivity contribution in [2.45, 2.75) is 141 Å². The van der Waals surface area contributed by atoms with Crippen molar-refractivity contribution >= 4 is 12.4 Å². The second-order valence-electron chi connectivity index (χ2n) is 21.3. The van der Waals surface area contributed by atoms with Crippen LogP contribution in [0.3, 0.4) is 0 Å². The van der Waals surface area contributed by atoms with Crippen LogP contribution in [0.15, 0.2) is 84.9 Å². The Kier molecular flexibility index (Phi) is 17.0. The smallest absolute Gasteiger partial charge is 0.133 e. The zero-order valence-electron chi connectivity index (χ0n) is 40.0. The van der Waals surface area contributed by atoms with Crippen molar-refractivity contribution in [1.29, 1.82) is 0 Å². The predicted octanol–water partition coefficient (Wildman–Crippen LogP) is 10.7. The summed E-state index contributed by atoms with van der Waals surface area (Å²) in [6, 6.07) is 9.12. The van der Waals surface area contributed by atoms with Crippen molar-refractivity contribution in [2.24, 2.45) is 9.98 Å². The number of nitrogens with zero attached hydrogens (tertiary/aromatic N) is 6. The predicted molar refractivity (Wildman–Crippen MR) is 268 cm³/mol. The molecule has 0 aromatic heterocycles. The first kappa shape index (κ1) is 48.1. The van der Waals surface area contributed by atoms with Crippen molar-refractivity contribution in [3.63, 3.8) is 0 Å². The number of piperidine rings is 4. The van der Waals surface area contributed by atoms with Crippen LogP contribution >= 0.6 is 0 Å². The molecule has 8 nitrogen and oxygen atoms in total. The van der Waals surface area contributed by atoms with Crippen molar-refractivity contribution in [1.82, 2.24) is 0 Å². The molecule has 348 valence electrons. The monoisotopic (exact) mass is 875 g/mol. The summed E-state index contributed by atoms with van der Waals surface area (Å²) in [5.41, 5.74) is 6.34. The molecule has 0 radical (unpaired) electrons. The van der Waals surface area contributed by atoms with E-state index in [1.54, 1.807) is 0 Å². The standard InChI is InChI=1S/C56H84N6O2/c1-5-25-59(29-15-9-16-30-59)43-47-37-49(55(63)51(39-47)45-61(27-7-3)33-19-11-20-34-61)41-57-53-23-13-14-24-54(53)58-42-50-38-48(44-60(26-6-2)31-17-10-18-32-60)40-52(56(50)64)46-62(28-8-4)35-21-12-22-36-62/h5-8,37-42,53-54H,1-4,9-36,43-46H2/q+2/p+2/t53-,54?/m1/s1. The van der Waals surface area contributed by atoms with Crippen molar-refractivity contribution in [3.8, 4) is 11.5 Å². The molecule has 64 heavy (non-hydrogen) atoms. The number of rotatable bonds is 20. The van der Waals surface area contributed by atoms with Gasteiger partial charge in [0.1, 0.15) is 37.7 Å². The number of phenols is 2. The SMILES string of the molecule is C=CC[N+]1(Cc2cc(C=NC3CCCC[C@H]3N=Cc3cc(C[N+]4(CC=C)CCCCC4)cc(C[N+]4(CC=C)CCCCC4)c3O)c(O)c(C[N+]3(CC=C)CCCCC3)c2)CCCCC1. The minimum absolute atomic E-state index is 0.00769. The summed E-state index contributed by atoms with van der Waals surface area (Å²) in [6.07, 6.45) is 31.6. The van der Waals surface area contributed by atoms with Gasteiger partial charge in [0, 0.05) is 45.8 Å². The van der Waals surface area contributed by atoms with Crippen molar-refractivity contribution < 1.29 is 28.1 Å². The number of aromatic hydroxyl groups is 2. The van der Waals surface area contributed by atoms with Crippen molar-refractivity contribution in [2.75, 3.05) is 78.5 Å². The third kappa shape index (κ3) is 12.1. The molecule has 2 aromatic carbocycles. The second-order valence-corrected chi connectivity index (χ2v) is 21.3. The average Bonchev–Trinajstić information content (AvgIpc) is 3.29. The molecule has 5 fully saturated rings. The van der Waals surface area contributed by atoms with Crippen LogP contribution in [0, 0.1) is 0 Å². The van der Waals surface area contributed by atoms with E-state index in [0.717, 1.165) is 144 Å². The molecule has 7 rings (SSSR count). The van der Waals surface area contributed by atoms with E-state index < -0.39 is 0 Å². The third-order valence-corrected chi connectivity index (χ3v) is 16.2. The summed E-state index contributed by atoms with van der Waals surface area (Å²) in [7, 11) is 0. The molecule has 8 heteroatoms. The Morgan fingerprint density at radius 2 is 0.719 bits per heavy atom. The quantitative estimate of drug-likeness (QED) is 0.0791. The van der Waals surface area contributed by atoms with Crippen LogP contribution in [-0.4, -0.2) is 131 Å². The number of aliphatic imine (C=N–C) groups is 2. The topological polar surface area (TPSA) is 65.2 Å². The summed E-state index contributed by atoms with van der Waals surface area (Å²) in [5, 5.41) is 24.3. The van der Waals surface area contributed by atoms with E-state index in [1.165, 1.54) is 114 Å². The molecule has 1 unspecified atom stereocenters. The Hall–Kier alpha value is -3.82. The lowest BCUT2D eigenvalue weighted by atomic mass is 9.91. The average molecular weight is 875 g/mol. The van der Waals surface area contributed by atoms with E-state index in [-0.39, 0.29) is 12.1 Å². The van der Waals surface area contributed by atoms with Crippen LogP contribution < -0.4 is 0 Å². The number of hydrogen-bond donors (Lipinski definition) is 2. The van der Waals surface area contributed by atoms with Crippen LogP contribution in [0.1, 0.15) is 136 Å². The number of benzene rings is 2. The Labute approximate surface area is 388 Å². The van der Waals surface area contributed by atoms with E-state index in [4.69, 9.17) is 9.98 Å². The molecule has 2 aromatic rings. The fraction of sp³-hybridized carbons (Fsp3) is 0.607. The summed E-state index contributed by atoms with van der Waals surface area (Å²) in [5.74, 6) is 0.768. The molecule has 0 amide bonds. The summed E-state index contributed by atoms with van der Waals surface area (Å²) in [4.78, 5) is 10.7. The Balaban J connectivity index is 1.20. The normalized spacial score (nSPS) is 24.3. The lowest BCUT2D eigenvalue weighted by Crippen LogP contribution is -2.51. The first-order valence-electron chi connectivity index (χ1n) is 25.8. The van der Waals surface area contributed by atoms with Gasteiger partial charge in [0.05, 0.1) is 90.6 Å². The van der Waals surface area contributed by atoms with Gasteiger partial charge in [-0.3, -0.25) is 9.98 Å². The van der Waals surface area contributed by atoms with Crippen LogP contribution in [0.4, 0.5) is 0 Å². The number of phenolic OH excluding ortho intramolecular Hbond substituents is 2. The molecule has 0 spiro atoms. The molecule has 2 atom stereocenters. The molecule has 1 saturated carbocycles. The molecule has 4 saturated heterocycles. The van der Waals surface area contributed by atoms with Gasteiger partial charge in [0.2, 0.25) is 0 Å². The first-order valence-corrected chi connectivity index (χ1v) is 25.8. The van der Waals surface area contributed by atoms with Gasteiger partial charge < -0.3 is 28.1 Å². The molecule has 0 bridgehead atoms. The summed E-state index contributed by atoms with van der Waals surface area (Å²) >= 11 is 0.